The maximum atomic E-state index is 12.2. The average Bonchev–Trinajstić information content (AvgIpc) is 2.15. The third-order valence-electron chi connectivity index (χ3n) is 2.57. The van der Waals surface area contributed by atoms with Crippen LogP contribution in [0.2, 0.25) is 0 Å². The summed E-state index contributed by atoms with van der Waals surface area (Å²) in [6.07, 6.45) is 0. The standard InChI is InChI=1S/C12H16N2O2S/c1-9-7-10(2)12(11(3)8-9)17(15,16)14(4)6-5-13/h7-8H,6H2,1-4H3. The van der Waals surface area contributed by atoms with Crippen LogP contribution in [0.5, 0.6) is 0 Å². The van der Waals surface area contributed by atoms with Gasteiger partial charge in [0.1, 0.15) is 6.54 Å². The van der Waals surface area contributed by atoms with Gasteiger partial charge in [-0.3, -0.25) is 0 Å². The molecule has 0 fully saturated rings. The van der Waals surface area contributed by atoms with Gasteiger partial charge in [0.05, 0.1) is 11.0 Å². The summed E-state index contributed by atoms with van der Waals surface area (Å²) in [4.78, 5) is 0.306. The van der Waals surface area contributed by atoms with Crippen LogP contribution in [-0.2, 0) is 10.0 Å². The van der Waals surface area contributed by atoms with Crippen LogP contribution in [0.3, 0.4) is 0 Å². The Bertz CT molecular complexity index is 548. The van der Waals surface area contributed by atoms with Crippen molar-refractivity contribution < 1.29 is 8.42 Å². The molecular formula is C12H16N2O2S. The first-order valence-corrected chi connectivity index (χ1v) is 6.66. The predicted molar refractivity (Wildman–Crippen MR) is 66.1 cm³/mol. The monoisotopic (exact) mass is 252 g/mol. The van der Waals surface area contributed by atoms with Crippen molar-refractivity contribution in [1.29, 1.82) is 5.26 Å². The van der Waals surface area contributed by atoms with E-state index in [1.54, 1.807) is 13.8 Å². The van der Waals surface area contributed by atoms with E-state index in [1.807, 2.05) is 25.1 Å². The molecule has 0 heterocycles. The fourth-order valence-electron chi connectivity index (χ4n) is 1.91. The normalized spacial score (nSPS) is 11.5. The second-order valence-electron chi connectivity index (χ2n) is 4.15. The van der Waals surface area contributed by atoms with Gasteiger partial charge in [0.2, 0.25) is 10.0 Å². The molecule has 92 valence electrons. The Balaban J connectivity index is 3.40. The molecule has 0 N–H and O–H groups in total. The van der Waals surface area contributed by atoms with E-state index >= 15 is 0 Å². The summed E-state index contributed by atoms with van der Waals surface area (Å²) in [5, 5.41) is 8.57. The SMILES string of the molecule is Cc1cc(C)c(S(=O)(=O)N(C)CC#N)c(C)c1. The number of hydrogen-bond donors (Lipinski definition) is 0. The number of rotatable bonds is 3. The number of hydrogen-bond acceptors (Lipinski definition) is 3. The van der Waals surface area contributed by atoms with Gasteiger partial charge in [0, 0.05) is 7.05 Å². The zero-order valence-corrected chi connectivity index (χ0v) is 11.3. The van der Waals surface area contributed by atoms with E-state index in [1.165, 1.54) is 7.05 Å². The largest absolute Gasteiger partial charge is 0.244 e. The molecule has 0 unspecified atom stereocenters. The van der Waals surface area contributed by atoms with E-state index in [0.717, 1.165) is 9.87 Å². The van der Waals surface area contributed by atoms with Gasteiger partial charge in [-0.15, -0.1) is 0 Å². The number of aryl methyl sites for hydroxylation is 3. The lowest BCUT2D eigenvalue weighted by atomic mass is 10.1. The van der Waals surface area contributed by atoms with Crippen LogP contribution in [0, 0.1) is 32.1 Å². The molecule has 0 aliphatic heterocycles. The van der Waals surface area contributed by atoms with Crippen molar-refractivity contribution in [3.63, 3.8) is 0 Å². The van der Waals surface area contributed by atoms with Crippen LogP contribution in [0.25, 0.3) is 0 Å². The van der Waals surface area contributed by atoms with Crippen molar-refractivity contribution in [2.45, 2.75) is 25.7 Å². The maximum absolute atomic E-state index is 12.2. The molecule has 0 amide bonds. The van der Waals surface area contributed by atoms with Crippen LogP contribution in [0.15, 0.2) is 17.0 Å². The van der Waals surface area contributed by atoms with Crippen molar-refractivity contribution in [2.24, 2.45) is 0 Å². The van der Waals surface area contributed by atoms with Gasteiger partial charge in [-0.05, 0) is 31.9 Å². The van der Waals surface area contributed by atoms with Crippen molar-refractivity contribution in [3.8, 4) is 6.07 Å². The van der Waals surface area contributed by atoms with E-state index in [4.69, 9.17) is 5.26 Å². The fourth-order valence-corrected chi connectivity index (χ4v) is 3.39. The van der Waals surface area contributed by atoms with Crippen LogP contribution in [0.4, 0.5) is 0 Å². The maximum Gasteiger partial charge on any atom is 0.244 e. The van der Waals surface area contributed by atoms with Gasteiger partial charge in [-0.1, -0.05) is 17.7 Å². The predicted octanol–water partition coefficient (Wildman–Crippen LogP) is 1.76. The molecule has 0 atom stereocenters. The molecule has 0 aromatic heterocycles. The summed E-state index contributed by atoms with van der Waals surface area (Å²) in [6.45, 7) is 5.32. The topological polar surface area (TPSA) is 61.2 Å². The van der Waals surface area contributed by atoms with Gasteiger partial charge >= 0.3 is 0 Å². The first kappa shape index (κ1) is 13.7. The molecule has 4 nitrogen and oxygen atoms in total. The molecule has 1 rings (SSSR count). The van der Waals surface area contributed by atoms with E-state index in [0.29, 0.717) is 16.0 Å². The minimum Gasteiger partial charge on any atom is -0.207 e. The molecule has 0 bridgehead atoms. The molecule has 1 aromatic rings. The van der Waals surface area contributed by atoms with E-state index < -0.39 is 10.0 Å². The lowest BCUT2D eigenvalue weighted by Gasteiger charge is -2.18. The Labute approximate surface area is 103 Å². The van der Waals surface area contributed by atoms with Crippen molar-refractivity contribution in [3.05, 3.63) is 28.8 Å². The van der Waals surface area contributed by atoms with Gasteiger partial charge in [-0.2, -0.15) is 9.57 Å². The minimum absolute atomic E-state index is 0.144. The highest BCUT2D eigenvalue weighted by atomic mass is 32.2. The molecule has 17 heavy (non-hydrogen) atoms. The second kappa shape index (κ2) is 4.86. The van der Waals surface area contributed by atoms with Gasteiger partial charge in [0.25, 0.3) is 0 Å². The molecule has 0 spiro atoms. The van der Waals surface area contributed by atoms with Gasteiger partial charge in [-0.25, -0.2) is 8.42 Å². The Morgan fingerprint density at radius 2 is 1.71 bits per heavy atom. The highest BCUT2D eigenvalue weighted by molar-refractivity contribution is 7.89. The summed E-state index contributed by atoms with van der Waals surface area (Å²) in [5.74, 6) is 0. The Kier molecular flexibility index (Phi) is 3.91. The van der Waals surface area contributed by atoms with Crippen molar-refractivity contribution >= 4 is 10.0 Å². The lowest BCUT2D eigenvalue weighted by molar-refractivity contribution is 0.500. The molecule has 0 saturated heterocycles. The number of benzene rings is 1. The van der Waals surface area contributed by atoms with Crippen LogP contribution >= 0.6 is 0 Å². The van der Waals surface area contributed by atoms with Crippen LogP contribution in [-0.4, -0.2) is 26.3 Å². The molecule has 0 radical (unpaired) electrons. The average molecular weight is 252 g/mol. The van der Waals surface area contributed by atoms with Crippen molar-refractivity contribution in [1.82, 2.24) is 4.31 Å². The van der Waals surface area contributed by atoms with Crippen LogP contribution in [0.1, 0.15) is 16.7 Å². The van der Waals surface area contributed by atoms with Gasteiger partial charge < -0.3 is 0 Å². The summed E-state index contributed by atoms with van der Waals surface area (Å²) in [5.41, 5.74) is 2.46. The van der Waals surface area contributed by atoms with Crippen LogP contribution < -0.4 is 0 Å². The van der Waals surface area contributed by atoms with E-state index in [2.05, 4.69) is 0 Å². The van der Waals surface area contributed by atoms with E-state index in [-0.39, 0.29) is 6.54 Å². The lowest BCUT2D eigenvalue weighted by Crippen LogP contribution is -2.28. The first-order valence-electron chi connectivity index (χ1n) is 5.22. The Morgan fingerprint density at radius 3 is 2.12 bits per heavy atom. The highest BCUT2D eigenvalue weighted by Gasteiger charge is 2.24. The first-order chi connectivity index (χ1) is 7.80. The molecule has 1 aromatic carbocycles. The summed E-state index contributed by atoms with van der Waals surface area (Å²) < 4.78 is 25.6. The zero-order valence-electron chi connectivity index (χ0n) is 10.5. The zero-order chi connectivity index (χ0) is 13.2. The smallest absolute Gasteiger partial charge is 0.207 e. The fraction of sp³-hybridized carbons (Fsp3) is 0.417. The Morgan fingerprint density at radius 1 is 1.24 bits per heavy atom. The molecule has 0 aliphatic carbocycles. The quantitative estimate of drug-likeness (QED) is 0.770. The Hall–Kier alpha value is -1.38. The third-order valence-corrected chi connectivity index (χ3v) is 4.68. The van der Waals surface area contributed by atoms with Gasteiger partial charge in [0.15, 0.2) is 0 Å². The second-order valence-corrected chi connectivity index (χ2v) is 6.13. The number of nitriles is 1. The number of sulfonamides is 1. The molecular weight excluding hydrogens is 236 g/mol. The third kappa shape index (κ3) is 2.65. The van der Waals surface area contributed by atoms with Crippen molar-refractivity contribution in [2.75, 3.05) is 13.6 Å². The summed E-state index contributed by atoms with van der Waals surface area (Å²) >= 11 is 0. The highest BCUT2D eigenvalue weighted by Crippen LogP contribution is 2.24. The number of nitrogens with zero attached hydrogens (tertiary/aromatic N) is 2. The summed E-state index contributed by atoms with van der Waals surface area (Å²) in [6, 6.07) is 5.51. The molecule has 0 aliphatic rings. The molecule has 5 heteroatoms. The molecule has 0 saturated carbocycles. The van der Waals surface area contributed by atoms with E-state index in [9.17, 15) is 8.42 Å². The minimum atomic E-state index is -3.57. The summed E-state index contributed by atoms with van der Waals surface area (Å²) in [7, 11) is -2.15.